The van der Waals surface area contributed by atoms with Crippen molar-refractivity contribution in [2.24, 2.45) is 0 Å². The first-order valence-electron chi connectivity index (χ1n) is 7.20. The SMILES string of the molecule is CCCCCOC(CCCCC)(C(=O)O)C(O)C(=O)O. The van der Waals surface area contributed by atoms with Gasteiger partial charge < -0.3 is 20.1 Å². The Labute approximate surface area is 119 Å². The minimum Gasteiger partial charge on any atom is -0.479 e. The molecule has 0 aromatic rings. The van der Waals surface area contributed by atoms with Crippen molar-refractivity contribution in [1.82, 2.24) is 0 Å². The zero-order valence-electron chi connectivity index (χ0n) is 12.3. The van der Waals surface area contributed by atoms with Crippen molar-refractivity contribution < 1.29 is 29.6 Å². The molecule has 0 aliphatic carbocycles. The van der Waals surface area contributed by atoms with Crippen LogP contribution in [0.15, 0.2) is 0 Å². The summed E-state index contributed by atoms with van der Waals surface area (Å²) in [5.74, 6) is -2.99. The van der Waals surface area contributed by atoms with Crippen molar-refractivity contribution in [3.8, 4) is 0 Å². The van der Waals surface area contributed by atoms with E-state index in [1.807, 2.05) is 13.8 Å². The molecule has 0 rings (SSSR count). The first-order valence-corrected chi connectivity index (χ1v) is 7.20. The summed E-state index contributed by atoms with van der Waals surface area (Å²) in [6.07, 6.45) is 2.53. The molecule has 0 saturated carbocycles. The van der Waals surface area contributed by atoms with E-state index < -0.39 is 23.6 Å². The average Bonchev–Trinajstić information content (AvgIpc) is 2.40. The molecule has 0 aromatic carbocycles. The summed E-state index contributed by atoms with van der Waals surface area (Å²) in [6, 6.07) is 0. The third-order valence-corrected chi connectivity index (χ3v) is 3.30. The van der Waals surface area contributed by atoms with Gasteiger partial charge in [-0.05, 0) is 19.3 Å². The molecule has 0 aliphatic heterocycles. The van der Waals surface area contributed by atoms with Crippen LogP contribution in [-0.2, 0) is 14.3 Å². The Hall–Kier alpha value is -1.14. The molecule has 0 aromatic heterocycles. The third kappa shape index (κ3) is 5.46. The molecule has 6 heteroatoms. The van der Waals surface area contributed by atoms with E-state index in [-0.39, 0.29) is 13.0 Å². The molecule has 0 aliphatic rings. The van der Waals surface area contributed by atoms with Gasteiger partial charge in [-0.15, -0.1) is 0 Å². The van der Waals surface area contributed by atoms with E-state index in [2.05, 4.69) is 0 Å². The highest BCUT2D eigenvalue weighted by Crippen LogP contribution is 2.26. The Bertz CT molecular complexity index is 304. The fourth-order valence-electron chi connectivity index (χ4n) is 2.02. The van der Waals surface area contributed by atoms with E-state index in [1.165, 1.54) is 0 Å². The second-order valence-corrected chi connectivity index (χ2v) is 4.95. The monoisotopic (exact) mass is 290 g/mol. The predicted octanol–water partition coefficient (Wildman–Crippen LogP) is 2.04. The summed E-state index contributed by atoms with van der Waals surface area (Å²) in [5.41, 5.74) is -2.05. The second kappa shape index (κ2) is 9.72. The highest BCUT2D eigenvalue weighted by molar-refractivity contribution is 5.87. The maximum absolute atomic E-state index is 11.5. The standard InChI is InChI=1S/C14H26O6/c1-3-5-7-9-14(13(18)19,11(15)12(16)17)20-10-8-6-4-2/h11,15H,3-10H2,1-2H3,(H,16,17)(H,18,19). The van der Waals surface area contributed by atoms with Crippen LogP contribution in [0, 0.1) is 0 Å². The van der Waals surface area contributed by atoms with Crippen LogP contribution >= 0.6 is 0 Å². The van der Waals surface area contributed by atoms with E-state index in [0.717, 1.165) is 25.7 Å². The van der Waals surface area contributed by atoms with Crippen LogP contribution in [0.1, 0.15) is 58.8 Å². The molecule has 0 heterocycles. The normalized spacial score (nSPS) is 15.6. The lowest BCUT2D eigenvalue weighted by molar-refractivity contribution is -0.195. The summed E-state index contributed by atoms with van der Waals surface area (Å²) in [7, 11) is 0. The maximum atomic E-state index is 11.5. The van der Waals surface area contributed by atoms with E-state index in [1.54, 1.807) is 0 Å². The second-order valence-electron chi connectivity index (χ2n) is 4.95. The Kier molecular flexibility index (Phi) is 9.16. The van der Waals surface area contributed by atoms with Crippen molar-refractivity contribution in [1.29, 1.82) is 0 Å². The van der Waals surface area contributed by atoms with Crippen LogP contribution in [0.4, 0.5) is 0 Å². The lowest BCUT2D eigenvalue weighted by Crippen LogP contribution is -2.55. The third-order valence-electron chi connectivity index (χ3n) is 3.30. The summed E-state index contributed by atoms with van der Waals surface area (Å²) < 4.78 is 5.33. The molecule has 0 amide bonds. The summed E-state index contributed by atoms with van der Waals surface area (Å²) in [4.78, 5) is 22.5. The van der Waals surface area contributed by atoms with E-state index in [9.17, 15) is 19.8 Å². The van der Waals surface area contributed by atoms with Gasteiger partial charge in [0.2, 0.25) is 5.60 Å². The van der Waals surface area contributed by atoms with Crippen molar-refractivity contribution in [3.63, 3.8) is 0 Å². The van der Waals surface area contributed by atoms with Gasteiger partial charge in [-0.3, -0.25) is 0 Å². The number of carboxylic acids is 2. The molecule has 6 nitrogen and oxygen atoms in total. The summed E-state index contributed by atoms with van der Waals surface area (Å²) in [6.45, 7) is 4.09. The van der Waals surface area contributed by atoms with Crippen molar-refractivity contribution in [3.05, 3.63) is 0 Å². The fourth-order valence-corrected chi connectivity index (χ4v) is 2.02. The number of carboxylic acid groups (broad SMARTS) is 2. The van der Waals surface area contributed by atoms with E-state index in [4.69, 9.17) is 9.84 Å². The molecular formula is C14H26O6. The van der Waals surface area contributed by atoms with Gasteiger partial charge in [0, 0.05) is 6.61 Å². The summed E-state index contributed by atoms with van der Waals surface area (Å²) in [5, 5.41) is 28.0. The molecule has 0 radical (unpaired) electrons. The van der Waals surface area contributed by atoms with Gasteiger partial charge in [0.15, 0.2) is 6.10 Å². The van der Waals surface area contributed by atoms with Crippen molar-refractivity contribution >= 4 is 11.9 Å². The molecule has 0 saturated heterocycles. The van der Waals surface area contributed by atoms with Crippen LogP contribution in [0.2, 0.25) is 0 Å². The maximum Gasteiger partial charge on any atom is 0.339 e. The molecule has 2 unspecified atom stereocenters. The minimum absolute atomic E-state index is 0.00420. The van der Waals surface area contributed by atoms with Crippen LogP contribution < -0.4 is 0 Å². The average molecular weight is 290 g/mol. The van der Waals surface area contributed by atoms with E-state index >= 15 is 0 Å². The highest BCUT2D eigenvalue weighted by Gasteiger charge is 2.50. The molecule has 3 N–H and O–H groups in total. The lowest BCUT2D eigenvalue weighted by atomic mass is 9.89. The first kappa shape index (κ1) is 18.9. The van der Waals surface area contributed by atoms with Crippen LogP contribution in [0.5, 0.6) is 0 Å². The largest absolute Gasteiger partial charge is 0.479 e. The number of aliphatic carboxylic acids is 2. The van der Waals surface area contributed by atoms with Gasteiger partial charge in [-0.2, -0.15) is 0 Å². The van der Waals surface area contributed by atoms with Gasteiger partial charge in [0.05, 0.1) is 0 Å². The van der Waals surface area contributed by atoms with Gasteiger partial charge in [0.25, 0.3) is 0 Å². The number of carbonyl (C=O) groups is 2. The number of ether oxygens (including phenoxy) is 1. The fraction of sp³-hybridized carbons (Fsp3) is 0.857. The summed E-state index contributed by atoms with van der Waals surface area (Å²) >= 11 is 0. The van der Waals surface area contributed by atoms with Gasteiger partial charge in [-0.25, -0.2) is 9.59 Å². The predicted molar refractivity (Wildman–Crippen MR) is 73.6 cm³/mol. The Morgan fingerprint density at radius 2 is 1.60 bits per heavy atom. The zero-order valence-corrected chi connectivity index (χ0v) is 12.3. The minimum atomic E-state index is -2.06. The molecule has 0 bridgehead atoms. The smallest absolute Gasteiger partial charge is 0.339 e. The van der Waals surface area contributed by atoms with Gasteiger partial charge in [0.1, 0.15) is 0 Å². The van der Waals surface area contributed by atoms with Crippen LogP contribution in [0.25, 0.3) is 0 Å². The number of unbranched alkanes of at least 4 members (excludes halogenated alkanes) is 4. The molecule has 0 spiro atoms. The molecule has 2 atom stereocenters. The molecule has 118 valence electrons. The number of hydrogen-bond donors (Lipinski definition) is 3. The van der Waals surface area contributed by atoms with Crippen LogP contribution in [-0.4, -0.2) is 45.6 Å². The van der Waals surface area contributed by atoms with Gasteiger partial charge in [-0.1, -0.05) is 39.5 Å². The van der Waals surface area contributed by atoms with Crippen molar-refractivity contribution in [2.75, 3.05) is 6.61 Å². The molecular weight excluding hydrogens is 264 g/mol. The molecule has 20 heavy (non-hydrogen) atoms. The quantitative estimate of drug-likeness (QED) is 0.475. The number of rotatable bonds is 12. The Morgan fingerprint density at radius 3 is 2.05 bits per heavy atom. The van der Waals surface area contributed by atoms with E-state index in [0.29, 0.717) is 12.8 Å². The number of hydrogen-bond acceptors (Lipinski definition) is 4. The Morgan fingerprint density at radius 1 is 1.05 bits per heavy atom. The topological polar surface area (TPSA) is 104 Å². The van der Waals surface area contributed by atoms with Crippen molar-refractivity contribution in [2.45, 2.75) is 70.5 Å². The number of aliphatic hydroxyl groups is 1. The highest BCUT2D eigenvalue weighted by atomic mass is 16.5. The zero-order chi connectivity index (χ0) is 15.6. The number of aliphatic hydroxyl groups excluding tert-OH is 1. The van der Waals surface area contributed by atoms with Gasteiger partial charge >= 0.3 is 11.9 Å². The Balaban J connectivity index is 4.92. The lowest BCUT2D eigenvalue weighted by Gasteiger charge is -2.32. The van der Waals surface area contributed by atoms with Crippen LogP contribution in [0.3, 0.4) is 0 Å². The molecule has 0 fully saturated rings. The first-order chi connectivity index (χ1) is 9.42.